The first-order valence-corrected chi connectivity index (χ1v) is 6.13. The first-order chi connectivity index (χ1) is 8.54. The number of benzene rings is 1. The first-order valence-electron chi connectivity index (χ1n) is 6.13. The second-order valence-electron chi connectivity index (χ2n) is 4.70. The number of anilines is 2. The number of amides is 1. The van der Waals surface area contributed by atoms with Crippen LogP contribution in [-0.4, -0.2) is 31.6 Å². The zero-order valence-corrected chi connectivity index (χ0v) is 10.8. The van der Waals surface area contributed by atoms with E-state index in [1.165, 1.54) is 0 Å². The van der Waals surface area contributed by atoms with Gasteiger partial charge in [-0.1, -0.05) is 0 Å². The Balaban J connectivity index is 2.21. The molecule has 1 aromatic carbocycles. The van der Waals surface area contributed by atoms with Gasteiger partial charge in [-0.2, -0.15) is 0 Å². The van der Waals surface area contributed by atoms with E-state index in [2.05, 4.69) is 5.32 Å². The van der Waals surface area contributed by atoms with Crippen LogP contribution >= 0.6 is 0 Å². The molecule has 1 aliphatic rings. The number of hydrogen-bond acceptors (Lipinski definition) is 4. The van der Waals surface area contributed by atoms with Crippen molar-refractivity contribution in [3.05, 3.63) is 18.2 Å². The fourth-order valence-electron chi connectivity index (χ4n) is 1.99. The van der Waals surface area contributed by atoms with E-state index in [1.54, 1.807) is 6.07 Å². The van der Waals surface area contributed by atoms with Gasteiger partial charge >= 0.3 is 0 Å². The number of rotatable bonds is 3. The maximum absolute atomic E-state index is 11.4. The van der Waals surface area contributed by atoms with Crippen molar-refractivity contribution in [1.29, 1.82) is 0 Å². The minimum Gasteiger partial charge on any atom is -0.491 e. The van der Waals surface area contributed by atoms with E-state index >= 15 is 0 Å². The summed E-state index contributed by atoms with van der Waals surface area (Å²) in [5.41, 5.74) is 7.45. The smallest absolute Gasteiger partial charge is 0.239 e. The Labute approximate surface area is 107 Å². The van der Waals surface area contributed by atoms with Crippen LogP contribution in [0.3, 0.4) is 0 Å². The topological polar surface area (TPSA) is 67.6 Å². The molecule has 2 rings (SSSR count). The maximum atomic E-state index is 11.4. The van der Waals surface area contributed by atoms with Gasteiger partial charge < -0.3 is 20.7 Å². The van der Waals surface area contributed by atoms with Crippen LogP contribution in [0.1, 0.15) is 13.8 Å². The average molecular weight is 249 g/mol. The molecule has 1 aromatic rings. The lowest BCUT2D eigenvalue weighted by atomic mass is 10.2. The molecular formula is C13H19N3O2. The molecule has 1 aliphatic heterocycles. The van der Waals surface area contributed by atoms with Gasteiger partial charge in [-0.05, 0) is 19.9 Å². The van der Waals surface area contributed by atoms with Crippen LogP contribution in [-0.2, 0) is 4.79 Å². The number of carbonyl (C=O) groups is 1. The molecule has 0 spiro atoms. The molecule has 5 nitrogen and oxygen atoms in total. The van der Waals surface area contributed by atoms with Crippen LogP contribution in [0.5, 0.6) is 5.75 Å². The zero-order valence-electron chi connectivity index (χ0n) is 10.8. The summed E-state index contributed by atoms with van der Waals surface area (Å²) in [6, 6.07) is 5.59. The molecule has 1 saturated heterocycles. The van der Waals surface area contributed by atoms with Crippen molar-refractivity contribution in [3.8, 4) is 5.75 Å². The molecule has 0 unspecified atom stereocenters. The van der Waals surface area contributed by atoms with Crippen molar-refractivity contribution in [2.24, 2.45) is 0 Å². The predicted molar refractivity (Wildman–Crippen MR) is 71.8 cm³/mol. The van der Waals surface area contributed by atoms with E-state index in [-0.39, 0.29) is 12.0 Å². The third kappa shape index (κ3) is 3.06. The number of nitrogen functional groups attached to an aromatic ring is 1. The van der Waals surface area contributed by atoms with Crippen LogP contribution in [0.15, 0.2) is 18.2 Å². The highest BCUT2D eigenvalue weighted by molar-refractivity contribution is 5.83. The molecule has 0 atom stereocenters. The molecule has 0 radical (unpaired) electrons. The summed E-state index contributed by atoms with van der Waals surface area (Å²) in [7, 11) is 0. The molecule has 0 aliphatic carbocycles. The van der Waals surface area contributed by atoms with Crippen LogP contribution < -0.4 is 20.7 Å². The molecule has 0 aromatic heterocycles. The van der Waals surface area contributed by atoms with Crippen molar-refractivity contribution in [3.63, 3.8) is 0 Å². The molecule has 1 heterocycles. The summed E-state index contributed by atoms with van der Waals surface area (Å²) in [6.07, 6.45) is 0.101. The molecule has 1 amide bonds. The molecule has 5 heteroatoms. The number of ether oxygens (including phenoxy) is 1. The van der Waals surface area contributed by atoms with Gasteiger partial charge in [0.2, 0.25) is 5.91 Å². The van der Waals surface area contributed by atoms with Crippen molar-refractivity contribution in [2.75, 3.05) is 30.3 Å². The number of nitrogens with zero attached hydrogens (tertiary/aromatic N) is 1. The van der Waals surface area contributed by atoms with Gasteiger partial charge in [-0.25, -0.2) is 0 Å². The quantitative estimate of drug-likeness (QED) is 0.784. The lowest BCUT2D eigenvalue weighted by Gasteiger charge is -2.29. The molecule has 18 heavy (non-hydrogen) atoms. The SMILES string of the molecule is CC(C)Oc1cc(N)cc(N2CCNC(=O)C2)c1. The molecule has 98 valence electrons. The van der Waals surface area contributed by atoms with Crippen molar-refractivity contribution in [2.45, 2.75) is 20.0 Å². The molecular weight excluding hydrogens is 230 g/mol. The van der Waals surface area contributed by atoms with Gasteiger partial charge in [0.15, 0.2) is 0 Å². The lowest BCUT2D eigenvalue weighted by molar-refractivity contribution is -0.120. The van der Waals surface area contributed by atoms with Crippen LogP contribution in [0.25, 0.3) is 0 Å². The van der Waals surface area contributed by atoms with E-state index in [0.29, 0.717) is 18.8 Å². The second-order valence-corrected chi connectivity index (χ2v) is 4.70. The minimum atomic E-state index is 0.0370. The van der Waals surface area contributed by atoms with E-state index in [0.717, 1.165) is 18.0 Å². The summed E-state index contributed by atoms with van der Waals surface area (Å²) in [5.74, 6) is 0.779. The largest absolute Gasteiger partial charge is 0.491 e. The highest BCUT2D eigenvalue weighted by Crippen LogP contribution is 2.26. The number of hydrogen-bond donors (Lipinski definition) is 2. The van der Waals surface area contributed by atoms with Crippen LogP contribution in [0, 0.1) is 0 Å². The minimum absolute atomic E-state index is 0.0370. The maximum Gasteiger partial charge on any atom is 0.239 e. The molecule has 0 bridgehead atoms. The number of piperazine rings is 1. The Morgan fingerprint density at radius 1 is 1.39 bits per heavy atom. The van der Waals surface area contributed by atoms with Crippen LogP contribution in [0.4, 0.5) is 11.4 Å². The second kappa shape index (κ2) is 5.16. The van der Waals surface area contributed by atoms with E-state index < -0.39 is 0 Å². The normalized spacial score (nSPS) is 15.7. The highest BCUT2D eigenvalue weighted by Gasteiger charge is 2.17. The molecule has 3 N–H and O–H groups in total. The van der Waals surface area contributed by atoms with E-state index in [9.17, 15) is 4.79 Å². The van der Waals surface area contributed by atoms with Gasteiger partial charge in [0.1, 0.15) is 5.75 Å². The summed E-state index contributed by atoms with van der Waals surface area (Å²) in [5, 5.41) is 2.80. The van der Waals surface area contributed by atoms with Crippen molar-refractivity contribution < 1.29 is 9.53 Å². The third-order valence-corrected chi connectivity index (χ3v) is 2.69. The average Bonchev–Trinajstić information content (AvgIpc) is 2.27. The van der Waals surface area contributed by atoms with Gasteiger partial charge in [0.25, 0.3) is 0 Å². The van der Waals surface area contributed by atoms with Crippen molar-refractivity contribution in [1.82, 2.24) is 5.32 Å². The Morgan fingerprint density at radius 3 is 2.83 bits per heavy atom. The fraction of sp³-hybridized carbons (Fsp3) is 0.462. The Morgan fingerprint density at radius 2 is 2.17 bits per heavy atom. The van der Waals surface area contributed by atoms with Gasteiger partial charge in [0.05, 0.1) is 12.6 Å². The number of nitrogens with one attached hydrogen (secondary N) is 1. The fourth-order valence-corrected chi connectivity index (χ4v) is 1.99. The van der Waals surface area contributed by atoms with Crippen LogP contribution in [0.2, 0.25) is 0 Å². The Bertz CT molecular complexity index is 446. The molecule has 1 fully saturated rings. The monoisotopic (exact) mass is 249 g/mol. The predicted octanol–water partition coefficient (Wildman–Crippen LogP) is 0.992. The first kappa shape index (κ1) is 12.5. The lowest BCUT2D eigenvalue weighted by Crippen LogP contribution is -2.47. The van der Waals surface area contributed by atoms with E-state index in [4.69, 9.17) is 10.5 Å². The highest BCUT2D eigenvalue weighted by atomic mass is 16.5. The van der Waals surface area contributed by atoms with Gasteiger partial charge in [-0.15, -0.1) is 0 Å². The third-order valence-electron chi connectivity index (χ3n) is 2.69. The van der Waals surface area contributed by atoms with Gasteiger partial charge in [-0.3, -0.25) is 4.79 Å². The van der Waals surface area contributed by atoms with E-state index in [1.807, 2.05) is 30.9 Å². The number of carbonyl (C=O) groups excluding carboxylic acids is 1. The summed E-state index contributed by atoms with van der Waals surface area (Å²) in [4.78, 5) is 13.4. The zero-order chi connectivity index (χ0) is 13.1. The molecule has 0 saturated carbocycles. The summed E-state index contributed by atoms with van der Waals surface area (Å²) in [6.45, 7) is 5.75. The summed E-state index contributed by atoms with van der Waals surface area (Å²) < 4.78 is 5.65. The Hall–Kier alpha value is -1.91. The standard InChI is InChI=1S/C13H19N3O2/c1-9(2)18-12-6-10(14)5-11(7-12)16-4-3-15-13(17)8-16/h5-7,9H,3-4,8,14H2,1-2H3,(H,15,17). The summed E-state index contributed by atoms with van der Waals surface area (Å²) >= 11 is 0. The number of nitrogens with two attached hydrogens (primary N) is 1. The van der Waals surface area contributed by atoms with Gasteiger partial charge in [0, 0.05) is 36.6 Å². The van der Waals surface area contributed by atoms with Crippen molar-refractivity contribution >= 4 is 17.3 Å². The Kier molecular flexibility index (Phi) is 3.60.